The molecular formula is C16H17O11S-. The van der Waals surface area contributed by atoms with E-state index in [2.05, 4.69) is 4.18 Å². The first-order valence-corrected chi connectivity index (χ1v) is 9.39. The number of aryl methyl sites for hydroxylation is 1. The molecule has 12 heteroatoms. The third kappa shape index (κ3) is 4.50. The first-order chi connectivity index (χ1) is 13.0. The fourth-order valence-corrected chi connectivity index (χ4v) is 3.12. The third-order valence-electron chi connectivity index (χ3n) is 4.22. The van der Waals surface area contributed by atoms with Gasteiger partial charge in [-0.3, -0.25) is 4.18 Å². The summed E-state index contributed by atoms with van der Waals surface area (Å²) in [7, 11) is -5.05. The Balaban J connectivity index is 1.81. The summed E-state index contributed by atoms with van der Waals surface area (Å²) in [5.74, 6) is 0.102. The number of hydrogen-bond donors (Lipinski definition) is 3. The molecule has 1 aliphatic rings. The van der Waals surface area contributed by atoms with Crippen LogP contribution in [-0.2, 0) is 19.3 Å². The van der Waals surface area contributed by atoms with Crippen LogP contribution in [0.3, 0.4) is 0 Å². The molecule has 3 N–H and O–H groups in total. The maximum atomic E-state index is 11.5. The molecule has 28 heavy (non-hydrogen) atoms. The Morgan fingerprint density at radius 1 is 1.14 bits per heavy atom. The molecule has 1 fully saturated rings. The van der Waals surface area contributed by atoms with Crippen molar-refractivity contribution in [2.75, 3.05) is 6.61 Å². The molecule has 11 nitrogen and oxygen atoms in total. The number of hydrogen-bond acceptors (Lipinski definition) is 11. The molecule has 1 aromatic carbocycles. The van der Waals surface area contributed by atoms with Gasteiger partial charge in [-0.25, -0.2) is 13.2 Å². The molecule has 3 rings (SSSR count). The van der Waals surface area contributed by atoms with Crippen molar-refractivity contribution in [2.45, 2.75) is 37.6 Å². The number of fused-ring (bicyclic) bond motifs is 1. The van der Waals surface area contributed by atoms with Crippen LogP contribution < -0.4 is 10.4 Å². The minimum atomic E-state index is -5.05. The van der Waals surface area contributed by atoms with Crippen LogP contribution in [0.5, 0.6) is 5.75 Å². The molecule has 2 aromatic rings. The van der Waals surface area contributed by atoms with Crippen molar-refractivity contribution in [3.8, 4) is 5.75 Å². The first kappa shape index (κ1) is 20.7. The molecule has 0 saturated carbocycles. The SMILES string of the molecule is Cc1cc(=O)oc2cc(O[C@@H]3O[C@H](COS(=O)(=O)[O-])[C@H](O)[C@H](O)[C@H]3O)ccc12. The smallest absolute Gasteiger partial charge is 0.336 e. The third-order valence-corrected chi connectivity index (χ3v) is 4.64. The second kappa shape index (κ2) is 7.75. The number of aliphatic hydroxyl groups excluding tert-OH is 3. The molecule has 0 aliphatic carbocycles. The van der Waals surface area contributed by atoms with Gasteiger partial charge in [-0.05, 0) is 24.6 Å². The highest BCUT2D eigenvalue weighted by atomic mass is 32.3. The van der Waals surface area contributed by atoms with E-state index in [4.69, 9.17) is 13.9 Å². The summed E-state index contributed by atoms with van der Waals surface area (Å²) in [5.41, 5.74) is 0.331. The lowest BCUT2D eigenvalue weighted by Gasteiger charge is -2.40. The molecule has 1 aromatic heterocycles. The van der Waals surface area contributed by atoms with E-state index in [0.29, 0.717) is 10.9 Å². The number of aliphatic hydroxyl groups is 3. The Labute approximate surface area is 158 Å². The zero-order chi connectivity index (χ0) is 20.6. The second-order valence-electron chi connectivity index (χ2n) is 6.23. The van der Waals surface area contributed by atoms with E-state index < -0.39 is 53.3 Å². The van der Waals surface area contributed by atoms with Gasteiger partial charge < -0.3 is 33.8 Å². The minimum Gasteiger partial charge on any atom is -0.726 e. The fraction of sp³-hybridized carbons (Fsp3) is 0.438. The maximum absolute atomic E-state index is 11.5. The molecule has 1 aliphatic heterocycles. The highest BCUT2D eigenvalue weighted by Gasteiger charge is 2.45. The van der Waals surface area contributed by atoms with Crippen LogP contribution in [0.15, 0.2) is 33.5 Å². The zero-order valence-electron chi connectivity index (χ0n) is 14.4. The molecule has 0 radical (unpaired) electrons. The zero-order valence-corrected chi connectivity index (χ0v) is 15.2. The average Bonchev–Trinajstić information content (AvgIpc) is 2.60. The number of ether oxygens (including phenoxy) is 2. The predicted molar refractivity (Wildman–Crippen MR) is 90.2 cm³/mol. The van der Waals surface area contributed by atoms with Crippen LogP contribution in [0.2, 0.25) is 0 Å². The van der Waals surface area contributed by atoms with Gasteiger partial charge in [0.2, 0.25) is 16.7 Å². The minimum absolute atomic E-state index is 0.102. The summed E-state index contributed by atoms with van der Waals surface area (Å²) in [6.45, 7) is 0.836. The standard InChI is InChI=1S/C16H18O11S/c1-7-4-12(17)26-10-5-8(2-3-9(7)10)25-16-15(20)14(19)13(18)11(27-16)6-24-28(21,22)23/h2-5,11,13-16,18-20H,6H2,1H3,(H,21,22,23)/p-1/t11-,13+,14+,15-,16-/m1/s1. The van der Waals surface area contributed by atoms with Crippen LogP contribution in [0, 0.1) is 6.92 Å². The van der Waals surface area contributed by atoms with Crippen molar-refractivity contribution in [3.63, 3.8) is 0 Å². The van der Waals surface area contributed by atoms with Crippen molar-refractivity contribution in [2.24, 2.45) is 0 Å². The van der Waals surface area contributed by atoms with E-state index in [1.807, 2.05) is 0 Å². The van der Waals surface area contributed by atoms with Gasteiger partial charge in [-0.1, -0.05) is 0 Å². The molecule has 0 unspecified atom stereocenters. The average molecular weight is 417 g/mol. The number of rotatable bonds is 5. The van der Waals surface area contributed by atoms with Crippen LogP contribution >= 0.6 is 0 Å². The fourth-order valence-electron chi connectivity index (χ4n) is 2.81. The lowest BCUT2D eigenvalue weighted by molar-refractivity contribution is -0.276. The highest BCUT2D eigenvalue weighted by Crippen LogP contribution is 2.27. The van der Waals surface area contributed by atoms with Crippen LogP contribution in [0.1, 0.15) is 5.56 Å². The lowest BCUT2D eigenvalue weighted by Crippen LogP contribution is -2.60. The maximum Gasteiger partial charge on any atom is 0.336 e. The van der Waals surface area contributed by atoms with Gasteiger partial charge in [0.05, 0.1) is 6.61 Å². The largest absolute Gasteiger partial charge is 0.726 e. The van der Waals surface area contributed by atoms with Crippen molar-refractivity contribution >= 4 is 21.4 Å². The highest BCUT2D eigenvalue weighted by molar-refractivity contribution is 7.80. The normalized spacial score (nSPS) is 28.4. The van der Waals surface area contributed by atoms with E-state index in [1.54, 1.807) is 13.0 Å². The Kier molecular flexibility index (Phi) is 5.72. The van der Waals surface area contributed by atoms with Gasteiger partial charge in [0, 0.05) is 17.5 Å². The van der Waals surface area contributed by atoms with E-state index in [-0.39, 0.29) is 11.3 Å². The lowest BCUT2D eigenvalue weighted by atomic mass is 9.99. The molecule has 2 heterocycles. The summed E-state index contributed by atoms with van der Waals surface area (Å²) in [5, 5.41) is 30.5. The molecule has 5 atom stereocenters. The summed E-state index contributed by atoms with van der Waals surface area (Å²) < 4.78 is 51.6. The van der Waals surface area contributed by atoms with Gasteiger partial charge >= 0.3 is 5.63 Å². The van der Waals surface area contributed by atoms with Crippen molar-refractivity contribution in [1.29, 1.82) is 0 Å². The molecular weight excluding hydrogens is 400 g/mol. The van der Waals surface area contributed by atoms with E-state index >= 15 is 0 Å². The molecule has 1 saturated heterocycles. The van der Waals surface area contributed by atoms with Gasteiger partial charge in [-0.15, -0.1) is 0 Å². The van der Waals surface area contributed by atoms with Crippen molar-refractivity contribution < 1.29 is 46.4 Å². The second-order valence-corrected chi connectivity index (χ2v) is 7.28. The number of benzene rings is 1. The van der Waals surface area contributed by atoms with E-state index in [9.17, 15) is 33.1 Å². The van der Waals surface area contributed by atoms with Crippen molar-refractivity contribution in [3.05, 3.63) is 40.2 Å². The molecule has 0 bridgehead atoms. The van der Waals surface area contributed by atoms with Gasteiger partial charge in [0.15, 0.2) is 0 Å². The van der Waals surface area contributed by atoms with Crippen LogP contribution in [-0.4, -0.2) is 65.6 Å². The Morgan fingerprint density at radius 2 is 1.86 bits per heavy atom. The van der Waals surface area contributed by atoms with Crippen molar-refractivity contribution in [1.82, 2.24) is 0 Å². The van der Waals surface area contributed by atoms with E-state index in [1.165, 1.54) is 18.2 Å². The summed E-state index contributed by atoms with van der Waals surface area (Å²) in [6, 6.07) is 5.79. The molecule has 0 spiro atoms. The summed E-state index contributed by atoms with van der Waals surface area (Å²) in [6.07, 6.45) is -8.19. The Morgan fingerprint density at radius 3 is 2.54 bits per heavy atom. The van der Waals surface area contributed by atoms with Crippen LogP contribution in [0.25, 0.3) is 11.0 Å². The first-order valence-electron chi connectivity index (χ1n) is 8.06. The monoisotopic (exact) mass is 417 g/mol. The van der Waals surface area contributed by atoms with Gasteiger partial charge in [0.25, 0.3) is 0 Å². The quantitative estimate of drug-likeness (QED) is 0.301. The van der Waals surface area contributed by atoms with Gasteiger partial charge in [0.1, 0.15) is 35.7 Å². The molecule has 154 valence electrons. The van der Waals surface area contributed by atoms with E-state index in [0.717, 1.165) is 0 Å². The Bertz CT molecular complexity index is 1010. The molecule has 0 amide bonds. The summed E-state index contributed by atoms with van der Waals surface area (Å²) >= 11 is 0. The van der Waals surface area contributed by atoms with Crippen LogP contribution in [0.4, 0.5) is 0 Å². The topological polar surface area (TPSA) is 176 Å². The predicted octanol–water partition coefficient (Wildman–Crippen LogP) is -1.24. The Hall–Kier alpha value is -2.06. The summed E-state index contributed by atoms with van der Waals surface area (Å²) in [4.78, 5) is 11.5. The van der Waals surface area contributed by atoms with Gasteiger partial charge in [-0.2, -0.15) is 0 Å².